The number of carbonyl (C=O) groups is 1. The number of imidazole rings is 1. The Kier molecular flexibility index (Phi) is 3.55. The van der Waals surface area contributed by atoms with Gasteiger partial charge in [-0.25, -0.2) is 9.59 Å². The summed E-state index contributed by atoms with van der Waals surface area (Å²) in [6.45, 7) is 4.46. The Hall–Kier alpha value is -2.30. The Morgan fingerprint density at radius 1 is 1.32 bits per heavy atom. The number of nitrogens with one attached hydrogen (secondary N) is 1. The van der Waals surface area contributed by atoms with Crippen molar-refractivity contribution < 1.29 is 9.90 Å². The van der Waals surface area contributed by atoms with Crippen LogP contribution in [0.2, 0.25) is 0 Å². The largest absolute Gasteiger partial charge is 0.477 e. The van der Waals surface area contributed by atoms with Crippen molar-refractivity contribution >= 4 is 5.97 Å². The number of aromatic nitrogens is 2. The third kappa shape index (κ3) is 2.76. The van der Waals surface area contributed by atoms with E-state index in [9.17, 15) is 9.59 Å². The van der Waals surface area contributed by atoms with Gasteiger partial charge in [0.1, 0.15) is 5.69 Å². The quantitative estimate of drug-likeness (QED) is 0.883. The van der Waals surface area contributed by atoms with Crippen LogP contribution in [0, 0.1) is 0 Å². The molecular weight excluding hydrogens is 244 g/mol. The minimum Gasteiger partial charge on any atom is -0.477 e. The molecular formula is C14H16N2O3. The van der Waals surface area contributed by atoms with Crippen LogP contribution >= 0.6 is 0 Å². The predicted molar refractivity (Wildman–Crippen MR) is 71.6 cm³/mol. The fourth-order valence-electron chi connectivity index (χ4n) is 1.92. The van der Waals surface area contributed by atoms with E-state index in [1.807, 2.05) is 24.3 Å². The molecule has 0 saturated heterocycles. The Bertz CT molecular complexity index is 635. The number of benzene rings is 1. The van der Waals surface area contributed by atoms with Crippen LogP contribution in [-0.2, 0) is 6.54 Å². The van der Waals surface area contributed by atoms with E-state index in [1.54, 1.807) is 0 Å². The van der Waals surface area contributed by atoms with E-state index in [0.29, 0.717) is 5.92 Å². The van der Waals surface area contributed by atoms with Crippen LogP contribution < -0.4 is 5.69 Å². The summed E-state index contributed by atoms with van der Waals surface area (Å²) in [5, 5.41) is 8.99. The fourth-order valence-corrected chi connectivity index (χ4v) is 1.92. The van der Waals surface area contributed by atoms with Gasteiger partial charge in [0.15, 0.2) is 0 Å². The van der Waals surface area contributed by atoms with Crippen molar-refractivity contribution in [1.82, 2.24) is 9.55 Å². The summed E-state index contributed by atoms with van der Waals surface area (Å²) in [6.07, 6.45) is 1.22. The molecule has 1 aromatic carbocycles. The molecule has 0 amide bonds. The Balaban J connectivity index is 2.29. The van der Waals surface area contributed by atoms with Gasteiger partial charge < -0.3 is 10.1 Å². The molecule has 0 bridgehead atoms. The number of nitrogens with zero attached hydrogens (tertiary/aromatic N) is 1. The van der Waals surface area contributed by atoms with Crippen LogP contribution in [0.5, 0.6) is 0 Å². The Morgan fingerprint density at radius 2 is 1.95 bits per heavy atom. The number of aromatic carboxylic acids is 1. The highest BCUT2D eigenvalue weighted by Crippen LogP contribution is 2.15. The maximum absolute atomic E-state index is 11.6. The zero-order valence-electron chi connectivity index (χ0n) is 10.9. The topological polar surface area (TPSA) is 75.1 Å². The third-order valence-electron chi connectivity index (χ3n) is 3.07. The van der Waals surface area contributed by atoms with Crippen LogP contribution in [0.4, 0.5) is 0 Å². The normalized spacial score (nSPS) is 10.9. The zero-order valence-corrected chi connectivity index (χ0v) is 10.9. The van der Waals surface area contributed by atoms with Gasteiger partial charge in [-0.2, -0.15) is 0 Å². The molecule has 5 heteroatoms. The van der Waals surface area contributed by atoms with E-state index in [-0.39, 0.29) is 12.2 Å². The molecule has 100 valence electrons. The van der Waals surface area contributed by atoms with Crippen LogP contribution in [0.3, 0.4) is 0 Å². The maximum atomic E-state index is 11.6. The lowest BCUT2D eigenvalue weighted by molar-refractivity contribution is 0.0685. The zero-order chi connectivity index (χ0) is 14.0. The number of aromatic amines is 1. The van der Waals surface area contributed by atoms with Gasteiger partial charge in [-0.05, 0) is 17.0 Å². The third-order valence-corrected chi connectivity index (χ3v) is 3.07. The average molecular weight is 260 g/mol. The molecule has 1 heterocycles. The van der Waals surface area contributed by atoms with Crippen molar-refractivity contribution in [2.75, 3.05) is 0 Å². The second-order valence-electron chi connectivity index (χ2n) is 4.77. The molecule has 0 radical (unpaired) electrons. The molecule has 0 aliphatic carbocycles. The van der Waals surface area contributed by atoms with E-state index in [2.05, 4.69) is 18.8 Å². The summed E-state index contributed by atoms with van der Waals surface area (Å²) in [6, 6.07) is 7.83. The first-order valence-electron chi connectivity index (χ1n) is 6.09. The summed E-state index contributed by atoms with van der Waals surface area (Å²) in [5.41, 5.74) is 1.67. The van der Waals surface area contributed by atoms with Crippen LogP contribution in [0.1, 0.15) is 41.4 Å². The SMILES string of the molecule is CC(C)c1ccc(Cn2c(C(=O)O)c[nH]c2=O)cc1. The van der Waals surface area contributed by atoms with Gasteiger partial charge in [0.2, 0.25) is 0 Å². The lowest BCUT2D eigenvalue weighted by atomic mass is 10.0. The Labute approximate surface area is 110 Å². The molecule has 0 saturated carbocycles. The number of hydrogen-bond donors (Lipinski definition) is 2. The minimum absolute atomic E-state index is 0.0297. The van der Waals surface area contributed by atoms with E-state index in [1.165, 1.54) is 16.3 Å². The number of carboxylic acid groups (broad SMARTS) is 1. The fraction of sp³-hybridized carbons (Fsp3) is 0.286. The number of hydrogen-bond acceptors (Lipinski definition) is 2. The first-order chi connectivity index (χ1) is 8.99. The highest BCUT2D eigenvalue weighted by molar-refractivity contribution is 5.85. The van der Waals surface area contributed by atoms with Crippen molar-refractivity contribution in [2.45, 2.75) is 26.3 Å². The second-order valence-corrected chi connectivity index (χ2v) is 4.77. The molecule has 0 aliphatic rings. The molecule has 1 aromatic heterocycles. The molecule has 0 spiro atoms. The summed E-state index contributed by atoms with van der Waals surface area (Å²) in [4.78, 5) is 25.0. The monoisotopic (exact) mass is 260 g/mol. The molecule has 19 heavy (non-hydrogen) atoms. The van der Waals surface area contributed by atoms with Gasteiger partial charge >= 0.3 is 11.7 Å². The average Bonchev–Trinajstić information content (AvgIpc) is 2.72. The number of carboxylic acids is 1. The van der Waals surface area contributed by atoms with Crippen LogP contribution in [-0.4, -0.2) is 20.6 Å². The number of H-pyrrole nitrogens is 1. The van der Waals surface area contributed by atoms with Crippen molar-refractivity contribution in [3.63, 3.8) is 0 Å². The lowest BCUT2D eigenvalue weighted by Crippen LogP contribution is -2.21. The van der Waals surface area contributed by atoms with Crippen LogP contribution in [0.25, 0.3) is 0 Å². The maximum Gasteiger partial charge on any atom is 0.354 e. The predicted octanol–water partition coefficient (Wildman–Crippen LogP) is 2.05. The van der Waals surface area contributed by atoms with E-state index in [0.717, 1.165) is 5.56 Å². The smallest absolute Gasteiger partial charge is 0.354 e. The first-order valence-corrected chi connectivity index (χ1v) is 6.09. The van der Waals surface area contributed by atoms with Crippen molar-refractivity contribution in [3.8, 4) is 0 Å². The summed E-state index contributed by atoms with van der Waals surface area (Å²) < 4.78 is 1.21. The van der Waals surface area contributed by atoms with Gasteiger partial charge in [0, 0.05) is 6.20 Å². The van der Waals surface area contributed by atoms with E-state index < -0.39 is 11.7 Å². The van der Waals surface area contributed by atoms with Crippen molar-refractivity contribution in [2.24, 2.45) is 0 Å². The molecule has 0 fully saturated rings. The van der Waals surface area contributed by atoms with Crippen LogP contribution in [0.15, 0.2) is 35.3 Å². The minimum atomic E-state index is -1.11. The first kappa shape index (κ1) is 13.1. The molecule has 0 unspecified atom stereocenters. The second kappa shape index (κ2) is 5.14. The summed E-state index contributed by atoms with van der Waals surface area (Å²) in [7, 11) is 0. The van der Waals surface area contributed by atoms with Gasteiger partial charge in [0.25, 0.3) is 0 Å². The van der Waals surface area contributed by atoms with Crippen molar-refractivity contribution in [3.05, 3.63) is 57.8 Å². The van der Waals surface area contributed by atoms with E-state index >= 15 is 0 Å². The number of rotatable bonds is 4. The lowest BCUT2D eigenvalue weighted by Gasteiger charge is -2.08. The summed E-state index contributed by atoms with van der Waals surface area (Å²) in [5.74, 6) is -0.671. The van der Waals surface area contributed by atoms with Gasteiger partial charge in [-0.3, -0.25) is 4.57 Å². The molecule has 5 nitrogen and oxygen atoms in total. The standard InChI is InChI=1S/C14H16N2O3/c1-9(2)11-5-3-10(4-6-11)8-16-12(13(17)18)7-15-14(16)19/h3-7,9H,8H2,1-2H3,(H,15,19)(H,17,18). The van der Waals surface area contributed by atoms with Gasteiger partial charge in [-0.15, -0.1) is 0 Å². The molecule has 2 aromatic rings. The molecule has 0 atom stereocenters. The highest BCUT2D eigenvalue weighted by Gasteiger charge is 2.13. The Morgan fingerprint density at radius 3 is 2.47 bits per heavy atom. The highest BCUT2D eigenvalue weighted by atomic mass is 16.4. The molecule has 0 aliphatic heterocycles. The molecule has 2 rings (SSSR count). The van der Waals surface area contributed by atoms with Gasteiger partial charge in [0.05, 0.1) is 6.54 Å². The summed E-state index contributed by atoms with van der Waals surface area (Å²) >= 11 is 0. The van der Waals surface area contributed by atoms with Crippen molar-refractivity contribution in [1.29, 1.82) is 0 Å². The van der Waals surface area contributed by atoms with Gasteiger partial charge in [-0.1, -0.05) is 38.1 Å². The molecule has 2 N–H and O–H groups in total. The van der Waals surface area contributed by atoms with E-state index in [4.69, 9.17) is 5.11 Å².